The number of aryl methyl sites for hydroxylation is 3. The third kappa shape index (κ3) is 3.16. The smallest absolute Gasteiger partial charge is 0.171 e. The number of rotatable bonds is 5. The van der Waals surface area contributed by atoms with Gasteiger partial charge in [-0.05, 0) is 20.3 Å². The van der Waals surface area contributed by atoms with E-state index in [9.17, 15) is 0 Å². The van der Waals surface area contributed by atoms with Crippen molar-refractivity contribution in [1.29, 1.82) is 0 Å². The quantitative estimate of drug-likeness (QED) is 0.808. The fourth-order valence-electron chi connectivity index (χ4n) is 1.50. The van der Waals surface area contributed by atoms with Gasteiger partial charge in [-0.1, -0.05) is 11.6 Å². The normalized spacial score (nSPS) is 10.6. The van der Waals surface area contributed by atoms with Crippen LogP contribution in [0.25, 0.3) is 0 Å². The van der Waals surface area contributed by atoms with Gasteiger partial charge in [0.15, 0.2) is 11.0 Å². The SMILES string of the molecule is Cc1nc(Cl)c(NCCCc2ncn[nH]2)nc1C. The van der Waals surface area contributed by atoms with Gasteiger partial charge in [-0.25, -0.2) is 15.0 Å². The highest BCUT2D eigenvalue weighted by molar-refractivity contribution is 6.31. The zero-order valence-corrected chi connectivity index (χ0v) is 11.1. The van der Waals surface area contributed by atoms with Crippen LogP contribution in [0.4, 0.5) is 5.82 Å². The molecule has 0 fully saturated rings. The van der Waals surface area contributed by atoms with Crippen LogP contribution < -0.4 is 5.32 Å². The summed E-state index contributed by atoms with van der Waals surface area (Å²) in [6.07, 6.45) is 3.26. The summed E-state index contributed by atoms with van der Waals surface area (Å²) >= 11 is 6.02. The summed E-state index contributed by atoms with van der Waals surface area (Å²) in [5.41, 5.74) is 1.74. The molecule has 0 aromatic carbocycles. The van der Waals surface area contributed by atoms with E-state index >= 15 is 0 Å². The number of nitrogens with one attached hydrogen (secondary N) is 2. The first-order chi connectivity index (χ1) is 8.66. The Morgan fingerprint density at radius 1 is 1.28 bits per heavy atom. The highest BCUT2D eigenvalue weighted by atomic mass is 35.5. The first-order valence-corrected chi connectivity index (χ1v) is 6.13. The average Bonchev–Trinajstić information content (AvgIpc) is 2.84. The van der Waals surface area contributed by atoms with E-state index in [4.69, 9.17) is 11.6 Å². The first-order valence-electron chi connectivity index (χ1n) is 5.75. The minimum atomic E-state index is 0.415. The van der Waals surface area contributed by atoms with Gasteiger partial charge in [0, 0.05) is 13.0 Å². The lowest BCUT2D eigenvalue weighted by atomic mass is 10.3. The summed E-state index contributed by atoms with van der Waals surface area (Å²) in [4.78, 5) is 12.6. The van der Waals surface area contributed by atoms with E-state index in [0.29, 0.717) is 11.0 Å². The number of halogens is 1. The van der Waals surface area contributed by atoms with E-state index in [-0.39, 0.29) is 0 Å². The predicted molar refractivity (Wildman–Crippen MR) is 69.7 cm³/mol. The third-order valence-corrected chi connectivity index (χ3v) is 2.88. The Bertz CT molecular complexity index is 511. The topological polar surface area (TPSA) is 79.4 Å². The molecule has 0 amide bonds. The Labute approximate surface area is 110 Å². The van der Waals surface area contributed by atoms with Crippen molar-refractivity contribution >= 4 is 17.4 Å². The number of aromatic amines is 1. The number of aromatic nitrogens is 5. The van der Waals surface area contributed by atoms with Gasteiger partial charge in [0.2, 0.25) is 0 Å². The maximum absolute atomic E-state index is 6.02. The summed E-state index contributed by atoms with van der Waals surface area (Å²) in [5, 5.41) is 10.2. The summed E-state index contributed by atoms with van der Waals surface area (Å²) in [6.45, 7) is 4.57. The van der Waals surface area contributed by atoms with Crippen molar-refractivity contribution < 1.29 is 0 Å². The van der Waals surface area contributed by atoms with Gasteiger partial charge in [0.1, 0.15) is 12.2 Å². The van der Waals surface area contributed by atoms with Gasteiger partial charge in [0.25, 0.3) is 0 Å². The van der Waals surface area contributed by atoms with Crippen LogP contribution in [0.1, 0.15) is 23.6 Å². The maximum Gasteiger partial charge on any atom is 0.171 e. The number of nitrogens with zero attached hydrogens (tertiary/aromatic N) is 4. The molecule has 2 aromatic heterocycles. The van der Waals surface area contributed by atoms with Gasteiger partial charge >= 0.3 is 0 Å². The number of hydrogen-bond acceptors (Lipinski definition) is 5. The summed E-state index contributed by atoms with van der Waals surface area (Å²) < 4.78 is 0. The van der Waals surface area contributed by atoms with Crippen LogP contribution in [-0.4, -0.2) is 31.7 Å². The van der Waals surface area contributed by atoms with E-state index in [1.54, 1.807) is 0 Å². The van der Waals surface area contributed by atoms with Gasteiger partial charge in [-0.3, -0.25) is 5.10 Å². The zero-order chi connectivity index (χ0) is 13.0. The average molecular weight is 267 g/mol. The Kier molecular flexibility index (Phi) is 4.09. The maximum atomic E-state index is 6.02. The molecule has 0 unspecified atom stereocenters. The lowest BCUT2D eigenvalue weighted by Gasteiger charge is -2.08. The van der Waals surface area contributed by atoms with Crippen LogP contribution in [0.2, 0.25) is 5.15 Å². The van der Waals surface area contributed by atoms with E-state index in [2.05, 4.69) is 30.5 Å². The van der Waals surface area contributed by atoms with Crippen molar-refractivity contribution in [2.45, 2.75) is 26.7 Å². The Balaban J connectivity index is 1.85. The molecule has 0 radical (unpaired) electrons. The predicted octanol–water partition coefficient (Wildman–Crippen LogP) is 1.91. The fourth-order valence-corrected chi connectivity index (χ4v) is 1.74. The van der Waals surface area contributed by atoms with E-state index in [1.807, 2.05) is 13.8 Å². The number of hydrogen-bond donors (Lipinski definition) is 2. The molecule has 0 spiro atoms. The second-order valence-electron chi connectivity index (χ2n) is 4.00. The monoisotopic (exact) mass is 266 g/mol. The molecule has 0 aliphatic carbocycles. The molecule has 0 atom stereocenters. The standard InChI is InChI=1S/C11H15ClN6/c1-7-8(2)17-11(10(12)16-7)13-5-3-4-9-14-6-15-18-9/h6H,3-5H2,1-2H3,(H,13,17)(H,14,15,18). The van der Waals surface area contributed by atoms with Gasteiger partial charge in [-0.15, -0.1) is 0 Å². The minimum absolute atomic E-state index is 0.415. The van der Waals surface area contributed by atoms with Gasteiger partial charge in [0.05, 0.1) is 11.4 Å². The zero-order valence-electron chi connectivity index (χ0n) is 10.4. The molecule has 2 heterocycles. The van der Waals surface area contributed by atoms with Crippen molar-refractivity contribution in [2.75, 3.05) is 11.9 Å². The Hall–Kier alpha value is -1.69. The summed E-state index contributed by atoms with van der Waals surface area (Å²) in [6, 6.07) is 0. The van der Waals surface area contributed by atoms with Crippen LogP contribution in [0.5, 0.6) is 0 Å². The van der Waals surface area contributed by atoms with Crippen molar-refractivity contribution in [3.05, 3.63) is 28.7 Å². The summed E-state index contributed by atoms with van der Waals surface area (Å²) in [7, 11) is 0. The molecule has 7 heteroatoms. The van der Waals surface area contributed by atoms with Crippen LogP contribution in [-0.2, 0) is 6.42 Å². The molecule has 2 N–H and O–H groups in total. The molecular weight excluding hydrogens is 252 g/mol. The van der Waals surface area contributed by atoms with Crippen molar-refractivity contribution in [3.8, 4) is 0 Å². The molecule has 2 rings (SSSR count). The lowest BCUT2D eigenvalue weighted by Crippen LogP contribution is -2.08. The Morgan fingerprint density at radius 3 is 2.78 bits per heavy atom. The van der Waals surface area contributed by atoms with Crippen LogP contribution in [0.15, 0.2) is 6.33 Å². The van der Waals surface area contributed by atoms with Gasteiger partial charge in [-0.2, -0.15) is 5.10 Å². The minimum Gasteiger partial charge on any atom is -0.367 e. The highest BCUT2D eigenvalue weighted by Crippen LogP contribution is 2.18. The molecule has 0 aliphatic rings. The largest absolute Gasteiger partial charge is 0.367 e. The Morgan fingerprint density at radius 2 is 2.06 bits per heavy atom. The first kappa shape index (κ1) is 12.8. The van der Waals surface area contributed by atoms with Gasteiger partial charge < -0.3 is 5.32 Å². The third-order valence-electron chi connectivity index (χ3n) is 2.61. The molecule has 0 bridgehead atoms. The fraction of sp³-hybridized carbons (Fsp3) is 0.455. The molecule has 0 aliphatic heterocycles. The second-order valence-corrected chi connectivity index (χ2v) is 4.35. The lowest BCUT2D eigenvalue weighted by molar-refractivity contribution is 0.802. The van der Waals surface area contributed by atoms with E-state index in [0.717, 1.165) is 36.6 Å². The molecule has 6 nitrogen and oxygen atoms in total. The number of anilines is 1. The van der Waals surface area contributed by atoms with Crippen LogP contribution >= 0.6 is 11.6 Å². The second kappa shape index (κ2) is 5.77. The van der Waals surface area contributed by atoms with E-state index < -0.39 is 0 Å². The highest BCUT2D eigenvalue weighted by Gasteiger charge is 2.06. The molecule has 18 heavy (non-hydrogen) atoms. The van der Waals surface area contributed by atoms with Crippen LogP contribution in [0, 0.1) is 13.8 Å². The molecule has 2 aromatic rings. The molecule has 0 saturated carbocycles. The van der Waals surface area contributed by atoms with Crippen molar-refractivity contribution in [1.82, 2.24) is 25.1 Å². The van der Waals surface area contributed by atoms with Crippen molar-refractivity contribution in [3.63, 3.8) is 0 Å². The summed E-state index contributed by atoms with van der Waals surface area (Å²) in [5.74, 6) is 1.52. The molecule has 0 saturated heterocycles. The molecular formula is C11H15ClN6. The van der Waals surface area contributed by atoms with Crippen LogP contribution in [0.3, 0.4) is 0 Å². The number of H-pyrrole nitrogens is 1. The molecule has 96 valence electrons. The van der Waals surface area contributed by atoms with E-state index in [1.165, 1.54) is 6.33 Å². The van der Waals surface area contributed by atoms with Crippen molar-refractivity contribution in [2.24, 2.45) is 0 Å².